The van der Waals surface area contributed by atoms with Crippen LogP contribution in [-0.2, 0) is 4.79 Å². The van der Waals surface area contributed by atoms with Gasteiger partial charge in [0, 0.05) is 6.42 Å². The molecule has 0 aliphatic heterocycles. The topological polar surface area (TPSA) is 64.3 Å². The Hall–Kier alpha value is -1.71. The number of carbonyl (C=O) groups is 1. The lowest BCUT2D eigenvalue weighted by Crippen LogP contribution is -2.27. The Labute approximate surface area is 102 Å². The number of para-hydroxylation sites is 2. The molecule has 0 aliphatic rings. The molecule has 0 radical (unpaired) electrons. The molecule has 0 saturated carbocycles. The second-order valence-electron chi connectivity index (χ2n) is 3.84. The average molecular weight is 236 g/mol. The number of benzene rings is 1. The first-order chi connectivity index (χ1) is 8.24. The Morgan fingerprint density at radius 2 is 2.18 bits per heavy atom. The van der Waals surface area contributed by atoms with Crippen LogP contribution in [0.25, 0.3) is 0 Å². The molecule has 3 N–H and O–H groups in total. The summed E-state index contributed by atoms with van der Waals surface area (Å²) < 4.78 is 5.45. The first-order valence-corrected chi connectivity index (χ1v) is 5.98. The van der Waals surface area contributed by atoms with Gasteiger partial charge < -0.3 is 15.8 Å². The molecule has 4 nitrogen and oxygen atoms in total. The summed E-state index contributed by atoms with van der Waals surface area (Å²) in [5.41, 5.74) is 6.33. The third-order valence-electron chi connectivity index (χ3n) is 2.36. The SMILES string of the molecule is CCCCC(=O)NCCOc1ccccc1N. The number of nitrogen functional groups attached to an aromatic ring is 1. The Kier molecular flexibility index (Phi) is 5.93. The number of nitrogens with one attached hydrogen (secondary N) is 1. The number of hydrogen-bond donors (Lipinski definition) is 2. The van der Waals surface area contributed by atoms with E-state index >= 15 is 0 Å². The summed E-state index contributed by atoms with van der Waals surface area (Å²) in [6.45, 7) is 3.01. The van der Waals surface area contributed by atoms with Crippen LogP contribution in [0.3, 0.4) is 0 Å². The fourth-order valence-corrected chi connectivity index (χ4v) is 1.39. The number of rotatable bonds is 7. The van der Waals surface area contributed by atoms with Crippen molar-refractivity contribution < 1.29 is 9.53 Å². The summed E-state index contributed by atoms with van der Waals surface area (Å²) in [7, 11) is 0. The molecule has 17 heavy (non-hydrogen) atoms. The monoisotopic (exact) mass is 236 g/mol. The predicted octanol–water partition coefficient (Wildman–Crippen LogP) is 1.95. The summed E-state index contributed by atoms with van der Waals surface area (Å²) in [5.74, 6) is 0.742. The maximum absolute atomic E-state index is 11.3. The molecular weight excluding hydrogens is 216 g/mol. The number of unbranched alkanes of at least 4 members (excludes halogenated alkanes) is 1. The van der Waals surface area contributed by atoms with Crippen molar-refractivity contribution in [2.24, 2.45) is 0 Å². The number of amides is 1. The molecular formula is C13H20N2O2. The molecule has 0 aliphatic carbocycles. The zero-order valence-corrected chi connectivity index (χ0v) is 10.2. The van der Waals surface area contributed by atoms with E-state index in [1.54, 1.807) is 6.07 Å². The van der Waals surface area contributed by atoms with Gasteiger partial charge in [0.1, 0.15) is 12.4 Å². The van der Waals surface area contributed by atoms with Crippen molar-refractivity contribution in [2.45, 2.75) is 26.2 Å². The number of hydrogen-bond acceptors (Lipinski definition) is 3. The van der Waals surface area contributed by atoms with E-state index in [1.165, 1.54) is 0 Å². The van der Waals surface area contributed by atoms with E-state index in [1.807, 2.05) is 18.2 Å². The average Bonchev–Trinajstić information content (AvgIpc) is 2.34. The van der Waals surface area contributed by atoms with Crippen LogP contribution in [0.15, 0.2) is 24.3 Å². The van der Waals surface area contributed by atoms with E-state index in [4.69, 9.17) is 10.5 Å². The number of ether oxygens (including phenoxy) is 1. The van der Waals surface area contributed by atoms with E-state index in [0.717, 1.165) is 12.8 Å². The van der Waals surface area contributed by atoms with Crippen molar-refractivity contribution in [3.8, 4) is 5.75 Å². The highest BCUT2D eigenvalue weighted by atomic mass is 16.5. The van der Waals surface area contributed by atoms with Crippen molar-refractivity contribution in [2.75, 3.05) is 18.9 Å². The smallest absolute Gasteiger partial charge is 0.220 e. The van der Waals surface area contributed by atoms with Gasteiger partial charge in [0.15, 0.2) is 0 Å². The normalized spacial score (nSPS) is 9.94. The van der Waals surface area contributed by atoms with Gasteiger partial charge in [-0.1, -0.05) is 25.5 Å². The van der Waals surface area contributed by atoms with Gasteiger partial charge in [0.2, 0.25) is 5.91 Å². The quantitative estimate of drug-likeness (QED) is 0.562. The van der Waals surface area contributed by atoms with Crippen LogP contribution >= 0.6 is 0 Å². The van der Waals surface area contributed by atoms with E-state index < -0.39 is 0 Å². The van der Waals surface area contributed by atoms with Crippen LogP contribution in [0.1, 0.15) is 26.2 Å². The van der Waals surface area contributed by atoms with Gasteiger partial charge >= 0.3 is 0 Å². The number of nitrogens with two attached hydrogens (primary N) is 1. The molecule has 0 bridgehead atoms. The van der Waals surface area contributed by atoms with Crippen molar-refractivity contribution in [3.63, 3.8) is 0 Å². The van der Waals surface area contributed by atoms with Gasteiger partial charge in [-0.15, -0.1) is 0 Å². The lowest BCUT2D eigenvalue weighted by Gasteiger charge is -2.09. The minimum absolute atomic E-state index is 0.0801. The molecule has 0 saturated heterocycles. The molecule has 1 rings (SSSR count). The van der Waals surface area contributed by atoms with E-state index in [-0.39, 0.29) is 5.91 Å². The van der Waals surface area contributed by atoms with Crippen LogP contribution in [0.4, 0.5) is 5.69 Å². The second kappa shape index (κ2) is 7.54. The third kappa shape index (κ3) is 5.24. The van der Waals surface area contributed by atoms with Gasteiger partial charge in [-0.05, 0) is 18.6 Å². The highest BCUT2D eigenvalue weighted by Gasteiger charge is 2.00. The lowest BCUT2D eigenvalue weighted by molar-refractivity contribution is -0.121. The largest absolute Gasteiger partial charge is 0.490 e. The maximum atomic E-state index is 11.3. The predicted molar refractivity (Wildman–Crippen MR) is 68.9 cm³/mol. The molecule has 0 fully saturated rings. The van der Waals surface area contributed by atoms with E-state index in [9.17, 15) is 4.79 Å². The summed E-state index contributed by atoms with van der Waals surface area (Å²) in [6, 6.07) is 7.32. The fourth-order valence-electron chi connectivity index (χ4n) is 1.39. The van der Waals surface area contributed by atoms with Crippen molar-refractivity contribution in [1.82, 2.24) is 5.32 Å². The van der Waals surface area contributed by atoms with Crippen molar-refractivity contribution in [1.29, 1.82) is 0 Å². The fraction of sp³-hybridized carbons (Fsp3) is 0.462. The highest BCUT2D eigenvalue weighted by molar-refractivity contribution is 5.75. The van der Waals surface area contributed by atoms with E-state index in [0.29, 0.717) is 31.0 Å². The molecule has 0 unspecified atom stereocenters. The van der Waals surface area contributed by atoms with Gasteiger partial charge in [0.25, 0.3) is 0 Å². The van der Waals surface area contributed by atoms with Gasteiger partial charge in [-0.25, -0.2) is 0 Å². The van der Waals surface area contributed by atoms with Crippen molar-refractivity contribution in [3.05, 3.63) is 24.3 Å². The highest BCUT2D eigenvalue weighted by Crippen LogP contribution is 2.19. The van der Waals surface area contributed by atoms with Crippen LogP contribution < -0.4 is 15.8 Å². The van der Waals surface area contributed by atoms with E-state index in [2.05, 4.69) is 12.2 Å². The molecule has 1 amide bonds. The first kappa shape index (κ1) is 13.4. The number of anilines is 1. The summed E-state index contributed by atoms with van der Waals surface area (Å²) >= 11 is 0. The Morgan fingerprint density at radius 3 is 2.88 bits per heavy atom. The van der Waals surface area contributed by atoms with Crippen molar-refractivity contribution >= 4 is 11.6 Å². The molecule has 1 aromatic carbocycles. The first-order valence-electron chi connectivity index (χ1n) is 5.98. The molecule has 0 atom stereocenters. The molecule has 94 valence electrons. The van der Waals surface area contributed by atoms with Gasteiger partial charge in [-0.2, -0.15) is 0 Å². The Bertz CT molecular complexity index is 353. The summed E-state index contributed by atoms with van der Waals surface area (Å²) in [4.78, 5) is 11.3. The maximum Gasteiger partial charge on any atom is 0.220 e. The minimum atomic E-state index is 0.0801. The van der Waals surface area contributed by atoms with Crippen LogP contribution in [0.2, 0.25) is 0 Å². The zero-order chi connectivity index (χ0) is 12.5. The molecule has 1 aromatic rings. The summed E-state index contributed by atoms with van der Waals surface area (Å²) in [5, 5.41) is 2.80. The standard InChI is InChI=1S/C13H20N2O2/c1-2-3-8-13(16)15-9-10-17-12-7-5-4-6-11(12)14/h4-7H,2-3,8-10,14H2,1H3,(H,15,16). The van der Waals surface area contributed by atoms with Crippen LogP contribution in [0.5, 0.6) is 5.75 Å². The lowest BCUT2D eigenvalue weighted by atomic mass is 10.2. The van der Waals surface area contributed by atoms with Crippen LogP contribution in [0, 0.1) is 0 Å². The molecule has 0 spiro atoms. The van der Waals surface area contributed by atoms with Gasteiger partial charge in [-0.3, -0.25) is 4.79 Å². The Balaban J connectivity index is 2.16. The van der Waals surface area contributed by atoms with Crippen LogP contribution in [-0.4, -0.2) is 19.1 Å². The second-order valence-corrected chi connectivity index (χ2v) is 3.84. The minimum Gasteiger partial charge on any atom is -0.490 e. The molecule has 0 aromatic heterocycles. The molecule has 4 heteroatoms. The van der Waals surface area contributed by atoms with Gasteiger partial charge in [0.05, 0.1) is 12.2 Å². The zero-order valence-electron chi connectivity index (χ0n) is 10.2. The molecule has 0 heterocycles. The number of carbonyl (C=O) groups excluding carboxylic acids is 1. The third-order valence-corrected chi connectivity index (χ3v) is 2.36. The summed E-state index contributed by atoms with van der Waals surface area (Å²) in [6.07, 6.45) is 2.55. The Morgan fingerprint density at radius 1 is 1.41 bits per heavy atom.